The summed E-state index contributed by atoms with van der Waals surface area (Å²) in [7, 11) is 0. The van der Waals surface area contributed by atoms with Crippen molar-refractivity contribution in [1.29, 1.82) is 0 Å². The van der Waals surface area contributed by atoms with Crippen molar-refractivity contribution in [3.63, 3.8) is 0 Å². The Kier molecular flexibility index (Phi) is 3.39. The third-order valence-corrected chi connectivity index (χ3v) is 3.40. The topological polar surface area (TPSA) is 44.0 Å². The highest BCUT2D eigenvalue weighted by Gasteiger charge is 2.09. The molecule has 1 aliphatic heterocycles. The van der Waals surface area contributed by atoms with Crippen LogP contribution in [0.5, 0.6) is 0 Å². The van der Waals surface area contributed by atoms with E-state index in [2.05, 4.69) is 44.7 Å². The van der Waals surface area contributed by atoms with Gasteiger partial charge in [0.2, 0.25) is 0 Å². The molecule has 0 aliphatic carbocycles. The van der Waals surface area contributed by atoms with E-state index in [1.54, 1.807) is 0 Å². The van der Waals surface area contributed by atoms with Crippen molar-refractivity contribution in [2.75, 3.05) is 26.2 Å². The number of benzene rings is 1. The molecule has 0 amide bonds. The number of hydrogen-bond acceptors (Lipinski definition) is 3. The van der Waals surface area contributed by atoms with Gasteiger partial charge in [-0.3, -0.25) is 10.00 Å². The minimum atomic E-state index is 1.05. The molecule has 3 rings (SSSR count). The Morgan fingerprint density at radius 2 is 1.83 bits per heavy atom. The molecule has 1 saturated heterocycles. The summed E-state index contributed by atoms with van der Waals surface area (Å²) in [6.45, 7) is 5.54. The SMILES string of the molecule is c1cc(-c2cn[nH]c2)ccc1CN1CCNCC1. The molecule has 0 unspecified atom stereocenters. The van der Waals surface area contributed by atoms with E-state index in [1.807, 2.05) is 12.4 Å². The van der Waals surface area contributed by atoms with E-state index in [-0.39, 0.29) is 0 Å². The van der Waals surface area contributed by atoms with Crippen molar-refractivity contribution in [2.45, 2.75) is 6.54 Å². The van der Waals surface area contributed by atoms with Crippen LogP contribution in [0.2, 0.25) is 0 Å². The molecule has 0 saturated carbocycles. The molecule has 0 bridgehead atoms. The first-order valence-corrected chi connectivity index (χ1v) is 6.43. The van der Waals surface area contributed by atoms with E-state index in [4.69, 9.17) is 0 Å². The molecule has 0 atom stereocenters. The Hall–Kier alpha value is -1.65. The van der Waals surface area contributed by atoms with Crippen LogP contribution in [0.15, 0.2) is 36.7 Å². The van der Waals surface area contributed by atoms with E-state index < -0.39 is 0 Å². The zero-order valence-corrected chi connectivity index (χ0v) is 10.4. The molecule has 0 spiro atoms. The summed E-state index contributed by atoms with van der Waals surface area (Å²) in [5.74, 6) is 0. The molecule has 2 N–H and O–H groups in total. The van der Waals surface area contributed by atoms with E-state index >= 15 is 0 Å². The van der Waals surface area contributed by atoms with Gasteiger partial charge < -0.3 is 5.32 Å². The molecule has 4 heteroatoms. The Labute approximate surface area is 107 Å². The summed E-state index contributed by atoms with van der Waals surface area (Å²) in [5, 5.41) is 10.2. The van der Waals surface area contributed by atoms with Crippen molar-refractivity contribution in [3.05, 3.63) is 42.2 Å². The van der Waals surface area contributed by atoms with Crippen LogP contribution in [0, 0.1) is 0 Å². The van der Waals surface area contributed by atoms with Crippen LogP contribution in [-0.4, -0.2) is 41.3 Å². The lowest BCUT2D eigenvalue weighted by Gasteiger charge is -2.27. The van der Waals surface area contributed by atoms with Crippen LogP contribution >= 0.6 is 0 Å². The predicted molar refractivity (Wildman–Crippen MR) is 72.2 cm³/mol. The molecule has 4 nitrogen and oxygen atoms in total. The maximum atomic E-state index is 3.97. The molecular formula is C14H18N4. The fourth-order valence-corrected chi connectivity index (χ4v) is 2.34. The number of aromatic nitrogens is 2. The van der Waals surface area contributed by atoms with Gasteiger partial charge >= 0.3 is 0 Å². The number of nitrogens with zero attached hydrogens (tertiary/aromatic N) is 2. The minimum Gasteiger partial charge on any atom is -0.314 e. The van der Waals surface area contributed by atoms with E-state index in [0.717, 1.165) is 38.3 Å². The number of H-pyrrole nitrogens is 1. The molecule has 2 aromatic rings. The Bertz CT molecular complexity index is 469. The summed E-state index contributed by atoms with van der Waals surface area (Å²) in [4.78, 5) is 2.49. The summed E-state index contributed by atoms with van der Waals surface area (Å²) in [6, 6.07) is 8.76. The first-order chi connectivity index (χ1) is 8.92. The third kappa shape index (κ3) is 2.60. The number of aromatic amines is 1. The number of hydrogen-bond donors (Lipinski definition) is 2. The van der Waals surface area contributed by atoms with Crippen LogP contribution in [0.4, 0.5) is 0 Å². The molecule has 0 radical (unpaired) electrons. The van der Waals surface area contributed by atoms with Gasteiger partial charge in [-0.15, -0.1) is 0 Å². The summed E-state index contributed by atoms with van der Waals surface area (Å²) in [5.41, 5.74) is 3.74. The van der Waals surface area contributed by atoms with Crippen molar-refractivity contribution < 1.29 is 0 Å². The fraction of sp³-hybridized carbons (Fsp3) is 0.357. The first kappa shape index (κ1) is 11.4. The second-order valence-electron chi connectivity index (χ2n) is 4.71. The molecule has 2 heterocycles. The maximum absolute atomic E-state index is 3.97. The highest BCUT2D eigenvalue weighted by Crippen LogP contribution is 2.18. The van der Waals surface area contributed by atoms with Gasteiger partial charge in [0.15, 0.2) is 0 Å². The van der Waals surface area contributed by atoms with Gasteiger partial charge in [0.05, 0.1) is 6.20 Å². The fourth-order valence-electron chi connectivity index (χ4n) is 2.34. The highest BCUT2D eigenvalue weighted by atomic mass is 15.2. The Balaban J connectivity index is 1.67. The molecule has 94 valence electrons. The molecule has 1 fully saturated rings. The van der Waals surface area contributed by atoms with Crippen molar-refractivity contribution >= 4 is 0 Å². The van der Waals surface area contributed by atoms with Crippen molar-refractivity contribution in [2.24, 2.45) is 0 Å². The smallest absolute Gasteiger partial charge is 0.0565 e. The monoisotopic (exact) mass is 242 g/mol. The van der Waals surface area contributed by atoms with Gasteiger partial charge in [-0.1, -0.05) is 24.3 Å². The summed E-state index contributed by atoms with van der Waals surface area (Å²) >= 11 is 0. The second-order valence-corrected chi connectivity index (χ2v) is 4.71. The molecule has 1 aromatic carbocycles. The van der Waals surface area contributed by atoms with Gasteiger partial charge in [0.25, 0.3) is 0 Å². The number of piperazine rings is 1. The normalized spacial score (nSPS) is 16.9. The lowest BCUT2D eigenvalue weighted by molar-refractivity contribution is 0.233. The zero-order chi connectivity index (χ0) is 12.2. The predicted octanol–water partition coefficient (Wildman–Crippen LogP) is 1.48. The number of nitrogens with one attached hydrogen (secondary N) is 2. The summed E-state index contributed by atoms with van der Waals surface area (Å²) in [6.07, 6.45) is 3.77. The molecule has 1 aliphatic rings. The quantitative estimate of drug-likeness (QED) is 0.857. The van der Waals surface area contributed by atoms with Gasteiger partial charge in [-0.25, -0.2) is 0 Å². The minimum absolute atomic E-state index is 1.05. The van der Waals surface area contributed by atoms with Crippen LogP contribution in [0.25, 0.3) is 11.1 Å². The highest BCUT2D eigenvalue weighted by molar-refractivity contribution is 5.61. The molecule has 18 heavy (non-hydrogen) atoms. The first-order valence-electron chi connectivity index (χ1n) is 6.43. The van der Waals surface area contributed by atoms with E-state index in [9.17, 15) is 0 Å². The average Bonchev–Trinajstić information content (AvgIpc) is 2.95. The van der Waals surface area contributed by atoms with E-state index in [0.29, 0.717) is 0 Å². The molecule has 1 aromatic heterocycles. The summed E-state index contributed by atoms with van der Waals surface area (Å²) < 4.78 is 0. The van der Waals surface area contributed by atoms with Crippen molar-refractivity contribution in [3.8, 4) is 11.1 Å². The lowest BCUT2D eigenvalue weighted by Crippen LogP contribution is -2.42. The van der Waals surface area contributed by atoms with Crippen molar-refractivity contribution in [1.82, 2.24) is 20.4 Å². The second kappa shape index (κ2) is 5.33. The van der Waals surface area contributed by atoms with Gasteiger partial charge in [0, 0.05) is 44.5 Å². The third-order valence-electron chi connectivity index (χ3n) is 3.40. The maximum Gasteiger partial charge on any atom is 0.0565 e. The largest absolute Gasteiger partial charge is 0.314 e. The van der Waals surface area contributed by atoms with Crippen LogP contribution in [-0.2, 0) is 6.54 Å². The van der Waals surface area contributed by atoms with Crippen LogP contribution < -0.4 is 5.32 Å². The van der Waals surface area contributed by atoms with Crippen LogP contribution in [0.3, 0.4) is 0 Å². The van der Waals surface area contributed by atoms with Crippen LogP contribution in [0.1, 0.15) is 5.56 Å². The standard InChI is InChI=1S/C14H18N4/c1-3-13(14-9-16-17-10-14)4-2-12(1)11-18-7-5-15-6-8-18/h1-4,9-10,15H,5-8,11H2,(H,16,17). The zero-order valence-electron chi connectivity index (χ0n) is 10.4. The van der Waals surface area contributed by atoms with E-state index in [1.165, 1.54) is 11.1 Å². The number of rotatable bonds is 3. The van der Waals surface area contributed by atoms with Gasteiger partial charge in [-0.05, 0) is 11.1 Å². The Morgan fingerprint density at radius 3 is 2.50 bits per heavy atom. The molecular weight excluding hydrogens is 224 g/mol. The van der Waals surface area contributed by atoms with Gasteiger partial charge in [0.1, 0.15) is 0 Å². The Morgan fingerprint density at radius 1 is 1.06 bits per heavy atom. The lowest BCUT2D eigenvalue weighted by atomic mass is 10.1. The average molecular weight is 242 g/mol. The van der Waals surface area contributed by atoms with Gasteiger partial charge in [-0.2, -0.15) is 5.10 Å².